The van der Waals surface area contributed by atoms with Gasteiger partial charge in [0.15, 0.2) is 0 Å². The molecule has 1 saturated carbocycles. The van der Waals surface area contributed by atoms with E-state index in [1.807, 2.05) is 11.9 Å². The fourth-order valence-electron chi connectivity index (χ4n) is 4.79. The van der Waals surface area contributed by atoms with Crippen molar-refractivity contribution in [3.8, 4) is 0 Å². The van der Waals surface area contributed by atoms with Crippen LogP contribution >= 0.6 is 11.3 Å². The largest absolute Gasteiger partial charge is 0.344 e. The average Bonchev–Trinajstić information content (AvgIpc) is 3.42. The van der Waals surface area contributed by atoms with Gasteiger partial charge in [-0.3, -0.25) is 4.79 Å². The highest BCUT2D eigenvalue weighted by Gasteiger charge is 2.43. The van der Waals surface area contributed by atoms with Crippen LogP contribution in [0.3, 0.4) is 0 Å². The van der Waals surface area contributed by atoms with Crippen LogP contribution in [-0.4, -0.2) is 35.6 Å². The lowest BCUT2D eigenvalue weighted by Crippen LogP contribution is -2.28. The first-order chi connectivity index (χ1) is 16.8. The van der Waals surface area contributed by atoms with Crippen molar-refractivity contribution in [2.45, 2.75) is 32.2 Å². The molecule has 5 rings (SSSR count). The number of hydrogen-bond acceptors (Lipinski definition) is 5. The number of allylic oxidation sites excluding steroid dienone is 1. The van der Waals surface area contributed by atoms with Crippen LogP contribution in [0.5, 0.6) is 0 Å². The average molecular weight is 493 g/mol. The van der Waals surface area contributed by atoms with E-state index in [-0.39, 0.29) is 29.5 Å². The Bertz CT molecular complexity index is 1310. The molecule has 5 nitrogen and oxygen atoms in total. The maximum Gasteiger partial charge on any atom is 0.265 e. The Kier molecular flexibility index (Phi) is 6.23. The van der Waals surface area contributed by atoms with E-state index in [0.29, 0.717) is 15.7 Å². The number of carbonyl (C=O) groups is 1. The van der Waals surface area contributed by atoms with Crippen molar-refractivity contribution in [3.05, 3.63) is 87.4 Å². The molecule has 1 amide bonds. The second kappa shape index (κ2) is 9.34. The number of nitrogens with zero attached hydrogens (tertiary/aromatic N) is 4. The lowest BCUT2D eigenvalue weighted by molar-refractivity contribution is 0.0831. The van der Waals surface area contributed by atoms with Gasteiger partial charge in [0.1, 0.15) is 16.5 Å². The van der Waals surface area contributed by atoms with Gasteiger partial charge >= 0.3 is 0 Å². The van der Waals surface area contributed by atoms with Gasteiger partial charge in [-0.25, -0.2) is 18.8 Å². The summed E-state index contributed by atoms with van der Waals surface area (Å²) in [6.45, 7) is 1.83. The summed E-state index contributed by atoms with van der Waals surface area (Å²) < 4.78 is 27.2. The van der Waals surface area contributed by atoms with Gasteiger partial charge in [-0.1, -0.05) is 35.6 Å². The van der Waals surface area contributed by atoms with E-state index in [2.05, 4.69) is 6.08 Å². The van der Waals surface area contributed by atoms with Crippen LogP contribution in [0, 0.1) is 24.5 Å². The zero-order valence-electron chi connectivity index (χ0n) is 19.8. The maximum absolute atomic E-state index is 13.7. The van der Waals surface area contributed by atoms with E-state index in [9.17, 15) is 13.6 Å². The standard InChI is InChI=1S/C27H26F2N4OS/c1-16-25(26(34)32(2)3)35-27(30-16)33-24(18-9-13-21(29)14-10-18)22-6-4-5-19(23(22)31-33)15-17-7-11-20(28)12-8-17/h7-15,22,24H,4-6H2,1-3H3/b19-15+/t22-,24+/m0/s1. The van der Waals surface area contributed by atoms with Crippen molar-refractivity contribution < 1.29 is 13.6 Å². The Balaban J connectivity index is 1.59. The number of thiazole rings is 1. The molecule has 2 aromatic carbocycles. The third-order valence-electron chi connectivity index (χ3n) is 6.51. The molecule has 1 aliphatic heterocycles. The van der Waals surface area contributed by atoms with Crippen LogP contribution in [-0.2, 0) is 0 Å². The second-order valence-corrected chi connectivity index (χ2v) is 10.1. The molecule has 0 N–H and O–H groups in total. The summed E-state index contributed by atoms with van der Waals surface area (Å²) in [6.07, 6.45) is 4.87. The molecule has 0 spiro atoms. The number of aryl methyl sites for hydroxylation is 1. The Labute approximate surface area is 207 Å². The Morgan fingerprint density at radius 3 is 2.40 bits per heavy atom. The van der Waals surface area contributed by atoms with Gasteiger partial charge in [0.05, 0.1) is 17.4 Å². The number of hydrazone groups is 1. The minimum Gasteiger partial charge on any atom is -0.344 e. The van der Waals surface area contributed by atoms with Gasteiger partial charge in [0.2, 0.25) is 5.13 Å². The van der Waals surface area contributed by atoms with E-state index in [1.165, 1.54) is 35.6 Å². The number of rotatable bonds is 4. The first-order valence-electron chi connectivity index (χ1n) is 11.6. The van der Waals surface area contributed by atoms with Crippen LogP contribution in [0.1, 0.15) is 51.8 Å². The molecule has 0 unspecified atom stereocenters. The molecule has 1 aliphatic carbocycles. The van der Waals surface area contributed by atoms with Gasteiger partial charge in [0, 0.05) is 20.0 Å². The number of amides is 1. The third kappa shape index (κ3) is 4.50. The molecule has 3 aromatic rings. The number of carbonyl (C=O) groups excluding carboxylic acids is 1. The minimum absolute atomic E-state index is 0.0919. The Hall–Kier alpha value is -3.39. The molecule has 1 aromatic heterocycles. The van der Waals surface area contributed by atoms with Crippen LogP contribution in [0.25, 0.3) is 6.08 Å². The fraction of sp³-hybridized carbons (Fsp3) is 0.296. The molecular weight excluding hydrogens is 466 g/mol. The number of hydrogen-bond donors (Lipinski definition) is 0. The van der Waals surface area contributed by atoms with Gasteiger partial charge in [-0.2, -0.15) is 5.10 Å². The monoisotopic (exact) mass is 492 g/mol. The van der Waals surface area contributed by atoms with Gasteiger partial charge < -0.3 is 4.90 Å². The molecule has 2 aliphatic rings. The lowest BCUT2D eigenvalue weighted by Gasteiger charge is -2.29. The van der Waals surface area contributed by atoms with Crippen molar-refractivity contribution in [2.24, 2.45) is 11.0 Å². The summed E-state index contributed by atoms with van der Waals surface area (Å²) in [4.78, 5) is 19.5. The van der Waals surface area contributed by atoms with Gasteiger partial charge in [0.25, 0.3) is 5.91 Å². The van der Waals surface area contributed by atoms with Crippen LogP contribution in [0.4, 0.5) is 13.9 Å². The van der Waals surface area contributed by atoms with E-state index in [4.69, 9.17) is 10.1 Å². The highest BCUT2D eigenvalue weighted by molar-refractivity contribution is 7.17. The van der Waals surface area contributed by atoms with E-state index in [0.717, 1.165) is 41.7 Å². The minimum atomic E-state index is -0.288. The van der Waals surface area contributed by atoms with Gasteiger partial charge in [-0.05, 0) is 73.2 Å². The Morgan fingerprint density at radius 1 is 1.09 bits per heavy atom. The maximum atomic E-state index is 13.7. The van der Waals surface area contributed by atoms with Crippen molar-refractivity contribution in [1.29, 1.82) is 0 Å². The zero-order valence-corrected chi connectivity index (χ0v) is 20.6. The highest BCUT2D eigenvalue weighted by Crippen LogP contribution is 2.47. The number of aromatic nitrogens is 1. The number of benzene rings is 2. The lowest BCUT2D eigenvalue weighted by atomic mass is 9.77. The molecule has 0 radical (unpaired) electrons. The fourth-order valence-corrected chi connectivity index (χ4v) is 5.87. The molecule has 2 atom stereocenters. The molecule has 8 heteroatoms. The van der Waals surface area contributed by atoms with Crippen LogP contribution < -0.4 is 5.01 Å². The summed E-state index contributed by atoms with van der Waals surface area (Å²) in [5.74, 6) is -0.551. The molecule has 0 saturated heterocycles. The highest BCUT2D eigenvalue weighted by atomic mass is 32.1. The van der Waals surface area contributed by atoms with E-state index in [1.54, 1.807) is 43.3 Å². The first kappa shape index (κ1) is 23.4. The Morgan fingerprint density at radius 2 is 1.74 bits per heavy atom. The summed E-state index contributed by atoms with van der Waals surface area (Å²) in [6, 6.07) is 12.8. The summed E-state index contributed by atoms with van der Waals surface area (Å²) in [5.41, 5.74) is 4.62. The second-order valence-electron chi connectivity index (χ2n) is 9.16. The molecule has 2 heterocycles. The predicted molar refractivity (Wildman–Crippen MR) is 136 cm³/mol. The summed E-state index contributed by atoms with van der Waals surface area (Å²) >= 11 is 1.33. The SMILES string of the molecule is Cc1nc(N2N=C3/C(=C/c4ccc(F)cc4)CCC[C@@H]3[C@H]2c2ccc(F)cc2)sc1C(=O)N(C)C. The smallest absolute Gasteiger partial charge is 0.265 e. The molecule has 35 heavy (non-hydrogen) atoms. The first-order valence-corrected chi connectivity index (χ1v) is 12.4. The van der Waals surface area contributed by atoms with Crippen LogP contribution in [0.15, 0.2) is 59.2 Å². The third-order valence-corrected chi connectivity index (χ3v) is 7.64. The summed E-state index contributed by atoms with van der Waals surface area (Å²) in [7, 11) is 3.44. The molecular formula is C27H26F2N4OS. The zero-order chi connectivity index (χ0) is 24.7. The normalized spacial score (nSPS) is 20.7. The number of anilines is 1. The van der Waals surface area contributed by atoms with Crippen molar-refractivity contribution in [2.75, 3.05) is 19.1 Å². The number of fused-ring (bicyclic) bond motifs is 1. The van der Waals surface area contributed by atoms with Gasteiger partial charge in [-0.15, -0.1) is 0 Å². The number of halogens is 2. The van der Waals surface area contributed by atoms with Crippen molar-refractivity contribution >= 4 is 34.2 Å². The molecule has 1 fully saturated rings. The predicted octanol–water partition coefficient (Wildman–Crippen LogP) is 6.23. The topological polar surface area (TPSA) is 48.8 Å². The van der Waals surface area contributed by atoms with Crippen molar-refractivity contribution in [3.63, 3.8) is 0 Å². The van der Waals surface area contributed by atoms with Crippen LogP contribution in [0.2, 0.25) is 0 Å². The van der Waals surface area contributed by atoms with E-state index >= 15 is 0 Å². The molecule has 0 bridgehead atoms. The summed E-state index contributed by atoms with van der Waals surface area (Å²) in [5, 5.41) is 7.60. The quantitative estimate of drug-likeness (QED) is 0.434. The van der Waals surface area contributed by atoms with E-state index < -0.39 is 0 Å². The van der Waals surface area contributed by atoms with Crippen molar-refractivity contribution in [1.82, 2.24) is 9.88 Å². The molecule has 180 valence electrons.